The Morgan fingerprint density at radius 1 is 1.42 bits per heavy atom. The number of rotatable bonds is 3. The second-order valence-corrected chi connectivity index (χ2v) is 4.53. The Morgan fingerprint density at radius 3 is 2.79 bits per heavy atom. The van der Waals surface area contributed by atoms with E-state index in [0.717, 1.165) is 19.3 Å². The van der Waals surface area contributed by atoms with E-state index in [2.05, 4.69) is 4.98 Å². The molecule has 1 N–H and O–H groups in total. The molecule has 1 aromatic rings. The van der Waals surface area contributed by atoms with Crippen molar-refractivity contribution >= 4 is 17.5 Å². The van der Waals surface area contributed by atoms with Gasteiger partial charge in [-0.05, 0) is 18.9 Å². The van der Waals surface area contributed by atoms with Crippen molar-refractivity contribution in [1.29, 1.82) is 0 Å². The summed E-state index contributed by atoms with van der Waals surface area (Å²) in [6.07, 6.45) is 4.52. The number of carboxylic acid groups (broad SMARTS) is 1. The molecule has 0 spiro atoms. The standard InChI is InChI=1S/C12H15N3O4/c16-12(17)10-4-2-1-3-7-14(10)11-6-5-9(8-13-11)15(18)19/h5-6,8,10H,1-4,7H2,(H,16,17). The van der Waals surface area contributed by atoms with Gasteiger partial charge in [0.05, 0.1) is 4.92 Å². The van der Waals surface area contributed by atoms with E-state index in [1.165, 1.54) is 18.3 Å². The summed E-state index contributed by atoms with van der Waals surface area (Å²) in [5.41, 5.74) is -0.0922. The largest absolute Gasteiger partial charge is 0.480 e. The SMILES string of the molecule is O=C(O)C1CCCCCN1c1ccc([N+](=O)[O-])cn1. The van der Waals surface area contributed by atoms with Gasteiger partial charge in [0.1, 0.15) is 18.1 Å². The maximum absolute atomic E-state index is 11.3. The first kappa shape index (κ1) is 13.3. The zero-order valence-electron chi connectivity index (χ0n) is 10.4. The second kappa shape index (κ2) is 5.64. The number of pyridine rings is 1. The average Bonchev–Trinajstić information content (AvgIpc) is 2.64. The van der Waals surface area contributed by atoms with Crippen LogP contribution in [0.1, 0.15) is 25.7 Å². The molecule has 1 saturated heterocycles. The summed E-state index contributed by atoms with van der Waals surface area (Å²) in [5.74, 6) is -0.387. The fourth-order valence-corrected chi connectivity index (χ4v) is 2.30. The number of nitro groups is 1. The maximum atomic E-state index is 11.3. The molecular formula is C12H15N3O4. The number of aliphatic carboxylic acids is 1. The molecule has 0 bridgehead atoms. The van der Waals surface area contributed by atoms with Crippen LogP contribution in [0.3, 0.4) is 0 Å². The smallest absolute Gasteiger partial charge is 0.326 e. The van der Waals surface area contributed by atoms with Crippen molar-refractivity contribution in [2.24, 2.45) is 0 Å². The van der Waals surface area contributed by atoms with Gasteiger partial charge in [-0.25, -0.2) is 9.78 Å². The molecule has 19 heavy (non-hydrogen) atoms. The quantitative estimate of drug-likeness (QED) is 0.661. The number of hydrogen-bond donors (Lipinski definition) is 1. The van der Waals surface area contributed by atoms with Gasteiger partial charge in [0.25, 0.3) is 5.69 Å². The van der Waals surface area contributed by atoms with Crippen molar-refractivity contribution in [1.82, 2.24) is 4.98 Å². The monoisotopic (exact) mass is 265 g/mol. The number of carbonyl (C=O) groups is 1. The normalized spacial score (nSPS) is 19.8. The van der Waals surface area contributed by atoms with Crippen LogP contribution in [-0.2, 0) is 4.79 Å². The average molecular weight is 265 g/mol. The van der Waals surface area contributed by atoms with Gasteiger partial charge in [-0.15, -0.1) is 0 Å². The van der Waals surface area contributed by atoms with Gasteiger partial charge in [-0.3, -0.25) is 10.1 Å². The van der Waals surface area contributed by atoms with E-state index < -0.39 is 16.9 Å². The van der Waals surface area contributed by atoms with Crippen LogP contribution in [0, 0.1) is 10.1 Å². The van der Waals surface area contributed by atoms with Crippen molar-refractivity contribution in [3.8, 4) is 0 Å². The van der Waals surface area contributed by atoms with Crippen LogP contribution in [0.2, 0.25) is 0 Å². The molecule has 2 heterocycles. The maximum Gasteiger partial charge on any atom is 0.326 e. The Morgan fingerprint density at radius 2 is 2.21 bits per heavy atom. The summed E-state index contributed by atoms with van der Waals surface area (Å²) in [4.78, 5) is 27.1. The van der Waals surface area contributed by atoms with Gasteiger partial charge in [0.2, 0.25) is 0 Å². The first-order chi connectivity index (χ1) is 9.09. The van der Waals surface area contributed by atoms with Crippen molar-refractivity contribution in [2.75, 3.05) is 11.4 Å². The van der Waals surface area contributed by atoms with Crippen LogP contribution in [-0.4, -0.2) is 33.6 Å². The third-order valence-electron chi connectivity index (χ3n) is 3.28. The van der Waals surface area contributed by atoms with Crippen molar-refractivity contribution in [3.63, 3.8) is 0 Å². The molecule has 2 rings (SSSR count). The van der Waals surface area contributed by atoms with Gasteiger partial charge in [0, 0.05) is 12.6 Å². The molecular weight excluding hydrogens is 250 g/mol. The lowest BCUT2D eigenvalue weighted by Crippen LogP contribution is -2.41. The molecule has 7 heteroatoms. The highest BCUT2D eigenvalue weighted by atomic mass is 16.6. The van der Waals surface area contributed by atoms with E-state index in [-0.39, 0.29) is 5.69 Å². The first-order valence-electron chi connectivity index (χ1n) is 6.19. The number of aromatic nitrogens is 1. The zero-order valence-corrected chi connectivity index (χ0v) is 10.4. The summed E-state index contributed by atoms with van der Waals surface area (Å²) < 4.78 is 0. The lowest BCUT2D eigenvalue weighted by Gasteiger charge is -2.27. The van der Waals surface area contributed by atoms with Gasteiger partial charge >= 0.3 is 5.97 Å². The Balaban J connectivity index is 2.25. The van der Waals surface area contributed by atoms with Crippen LogP contribution in [0.15, 0.2) is 18.3 Å². The molecule has 0 radical (unpaired) electrons. The van der Waals surface area contributed by atoms with Crippen LogP contribution in [0.5, 0.6) is 0 Å². The van der Waals surface area contributed by atoms with Crippen LogP contribution in [0.25, 0.3) is 0 Å². The van der Waals surface area contributed by atoms with Crippen molar-refractivity contribution in [2.45, 2.75) is 31.7 Å². The Bertz CT molecular complexity index is 474. The topological polar surface area (TPSA) is 96.6 Å². The molecule has 0 amide bonds. The Hall–Kier alpha value is -2.18. The summed E-state index contributed by atoms with van der Waals surface area (Å²) in [6.45, 7) is 0.613. The predicted molar refractivity (Wildman–Crippen MR) is 68.1 cm³/mol. The molecule has 1 aliphatic rings. The molecule has 0 aliphatic carbocycles. The highest BCUT2D eigenvalue weighted by Gasteiger charge is 2.28. The third kappa shape index (κ3) is 2.98. The molecule has 7 nitrogen and oxygen atoms in total. The number of carboxylic acids is 1. The van der Waals surface area contributed by atoms with E-state index >= 15 is 0 Å². The zero-order chi connectivity index (χ0) is 13.8. The van der Waals surface area contributed by atoms with E-state index in [4.69, 9.17) is 0 Å². The summed E-state index contributed by atoms with van der Waals surface area (Å²) in [7, 11) is 0. The Kier molecular flexibility index (Phi) is 3.94. The Labute approximate surface area is 110 Å². The fourth-order valence-electron chi connectivity index (χ4n) is 2.30. The van der Waals surface area contributed by atoms with Crippen LogP contribution < -0.4 is 4.90 Å². The van der Waals surface area contributed by atoms with Gasteiger partial charge < -0.3 is 10.0 Å². The summed E-state index contributed by atoms with van der Waals surface area (Å²) in [6, 6.07) is 2.27. The number of hydrogen-bond acceptors (Lipinski definition) is 5. The number of nitrogens with zero attached hydrogens (tertiary/aromatic N) is 3. The molecule has 1 aliphatic heterocycles. The van der Waals surface area contributed by atoms with E-state index in [1.54, 1.807) is 4.90 Å². The lowest BCUT2D eigenvalue weighted by atomic mass is 10.1. The molecule has 1 unspecified atom stereocenters. The first-order valence-corrected chi connectivity index (χ1v) is 6.19. The third-order valence-corrected chi connectivity index (χ3v) is 3.28. The molecule has 1 aromatic heterocycles. The van der Waals surface area contributed by atoms with E-state index in [0.29, 0.717) is 18.8 Å². The minimum Gasteiger partial charge on any atom is -0.480 e. The lowest BCUT2D eigenvalue weighted by molar-refractivity contribution is -0.385. The summed E-state index contributed by atoms with van der Waals surface area (Å²) >= 11 is 0. The van der Waals surface area contributed by atoms with Crippen molar-refractivity contribution in [3.05, 3.63) is 28.4 Å². The fraction of sp³-hybridized carbons (Fsp3) is 0.500. The molecule has 0 aromatic carbocycles. The second-order valence-electron chi connectivity index (χ2n) is 4.53. The molecule has 1 atom stereocenters. The molecule has 0 saturated carbocycles. The van der Waals surface area contributed by atoms with Gasteiger partial charge in [-0.2, -0.15) is 0 Å². The van der Waals surface area contributed by atoms with E-state index in [9.17, 15) is 20.0 Å². The van der Waals surface area contributed by atoms with Gasteiger partial charge in [-0.1, -0.05) is 12.8 Å². The molecule has 102 valence electrons. The summed E-state index contributed by atoms with van der Waals surface area (Å²) in [5, 5.41) is 19.8. The number of anilines is 1. The molecule has 1 fully saturated rings. The van der Waals surface area contributed by atoms with Crippen LogP contribution >= 0.6 is 0 Å². The highest BCUT2D eigenvalue weighted by Crippen LogP contribution is 2.24. The predicted octanol–water partition coefficient (Wildman–Crippen LogP) is 1.82. The minimum absolute atomic E-state index is 0.0922. The van der Waals surface area contributed by atoms with Gasteiger partial charge in [0.15, 0.2) is 0 Å². The highest BCUT2D eigenvalue weighted by molar-refractivity contribution is 5.77. The van der Waals surface area contributed by atoms with Crippen LogP contribution in [0.4, 0.5) is 11.5 Å². The van der Waals surface area contributed by atoms with E-state index in [1.807, 2.05) is 0 Å². The van der Waals surface area contributed by atoms with Crippen molar-refractivity contribution < 1.29 is 14.8 Å². The minimum atomic E-state index is -0.873.